The maximum atomic E-state index is 11.3. The Morgan fingerprint density at radius 1 is 1.00 bits per heavy atom. The van der Waals surface area contributed by atoms with Crippen LogP contribution in [0.1, 0.15) is 72.6 Å². The summed E-state index contributed by atoms with van der Waals surface area (Å²) in [7, 11) is 0. The average Bonchev–Trinajstić information content (AvgIpc) is 2.06. The van der Waals surface area contributed by atoms with E-state index in [2.05, 4.69) is 20.8 Å². The molecule has 2 nitrogen and oxygen atoms in total. The molecule has 0 aromatic rings. The second kappa shape index (κ2) is 5.20. The first-order valence-corrected chi connectivity index (χ1v) is 6.57. The minimum absolute atomic E-state index is 0.0377. The molecule has 0 spiro atoms. The van der Waals surface area contributed by atoms with Gasteiger partial charge in [-0.2, -0.15) is 0 Å². The fraction of sp³-hybridized carbons (Fsp3) is 0.929. The van der Waals surface area contributed by atoms with Gasteiger partial charge in [-0.25, -0.2) is 0 Å². The fourth-order valence-corrected chi connectivity index (χ4v) is 2.76. The van der Waals surface area contributed by atoms with Gasteiger partial charge >= 0.3 is 5.97 Å². The molecule has 0 saturated heterocycles. The molecule has 16 heavy (non-hydrogen) atoms. The van der Waals surface area contributed by atoms with Gasteiger partial charge in [-0.3, -0.25) is 4.79 Å². The number of carbonyl (C=O) groups is 1. The van der Waals surface area contributed by atoms with Crippen LogP contribution in [-0.2, 0) is 9.53 Å². The molecule has 0 heterocycles. The Morgan fingerprint density at radius 3 is 1.81 bits per heavy atom. The van der Waals surface area contributed by atoms with E-state index < -0.39 is 0 Å². The highest BCUT2D eigenvalue weighted by atomic mass is 16.6. The maximum absolute atomic E-state index is 11.3. The molecule has 2 heteroatoms. The third-order valence-electron chi connectivity index (χ3n) is 3.87. The van der Waals surface area contributed by atoms with Crippen molar-refractivity contribution in [2.45, 2.75) is 78.2 Å². The molecule has 1 aliphatic carbocycles. The quantitative estimate of drug-likeness (QED) is 0.630. The van der Waals surface area contributed by atoms with E-state index in [0.29, 0.717) is 0 Å². The SMILES string of the molecule is CC(=O)OC1(C(C)(C)C)CCCCCCC1. The lowest BCUT2D eigenvalue weighted by Crippen LogP contribution is -2.47. The van der Waals surface area contributed by atoms with Crippen LogP contribution >= 0.6 is 0 Å². The van der Waals surface area contributed by atoms with Gasteiger partial charge in [0, 0.05) is 12.3 Å². The molecule has 0 bridgehead atoms. The van der Waals surface area contributed by atoms with Crippen LogP contribution in [0.4, 0.5) is 0 Å². The molecular weight excluding hydrogens is 200 g/mol. The summed E-state index contributed by atoms with van der Waals surface area (Å²) in [6.45, 7) is 8.11. The van der Waals surface area contributed by atoms with Crippen LogP contribution < -0.4 is 0 Å². The molecule has 1 saturated carbocycles. The zero-order chi connectivity index (χ0) is 12.2. The third-order valence-corrected chi connectivity index (χ3v) is 3.87. The van der Waals surface area contributed by atoms with Crippen LogP contribution in [0.15, 0.2) is 0 Å². The van der Waals surface area contributed by atoms with E-state index in [9.17, 15) is 4.79 Å². The average molecular weight is 226 g/mol. The molecule has 1 rings (SSSR count). The first-order chi connectivity index (χ1) is 7.37. The normalized spacial score (nSPS) is 22.0. The van der Waals surface area contributed by atoms with Crippen LogP contribution in [0.5, 0.6) is 0 Å². The molecule has 1 aliphatic rings. The largest absolute Gasteiger partial charge is 0.459 e. The monoisotopic (exact) mass is 226 g/mol. The molecule has 94 valence electrons. The van der Waals surface area contributed by atoms with Crippen molar-refractivity contribution in [1.82, 2.24) is 0 Å². The van der Waals surface area contributed by atoms with E-state index in [-0.39, 0.29) is 17.0 Å². The zero-order valence-corrected chi connectivity index (χ0v) is 11.3. The lowest BCUT2D eigenvalue weighted by Gasteiger charge is -2.45. The number of ether oxygens (including phenoxy) is 1. The topological polar surface area (TPSA) is 26.3 Å². The van der Waals surface area contributed by atoms with Gasteiger partial charge in [0.05, 0.1) is 0 Å². The van der Waals surface area contributed by atoms with Crippen molar-refractivity contribution in [3.63, 3.8) is 0 Å². The van der Waals surface area contributed by atoms with Crippen molar-refractivity contribution < 1.29 is 9.53 Å². The van der Waals surface area contributed by atoms with Crippen molar-refractivity contribution in [3.8, 4) is 0 Å². The summed E-state index contributed by atoms with van der Waals surface area (Å²) >= 11 is 0. The summed E-state index contributed by atoms with van der Waals surface area (Å²) in [5.74, 6) is -0.129. The predicted molar refractivity (Wildman–Crippen MR) is 66.3 cm³/mol. The Labute approximate surface area is 99.8 Å². The summed E-state index contributed by atoms with van der Waals surface area (Å²) in [5, 5.41) is 0. The minimum atomic E-state index is -0.237. The van der Waals surface area contributed by atoms with Gasteiger partial charge in [-0.15, -0.1) is 0 Å². The van der Waals surface area contributed by atoms with Crippen molar-refractivity contribution in [1.29, 1.82) is 0 Å². The van der Waals surface area contributed by atoms with Gasteiger partial charge in [0.25, 0.3) is 0 Å². The zero-order valence-electron chi connectivity index (χ0n) is 11.3. The molecule has 1 fully saturated rings. The Morgan fingerprint density at radius 2 is 1.44 bits per heavy atom. The standard InChI is InChI=1S/C14H26O2/c1-12(15)16-14(13(2,3)4)10-8-6-5-7-9-11-14/h5-11H2,1-4H3. The highest BCUT2D eigenvalue weighted by Gasteiger charge is 2.44. The van der Waals surface area contributed by atoms with E-state index in [1.807, 2.05) is 0 Å². The van der Waals surface area contributed by atoms with E-state index in [1.54, 1.807) is 0 Å². The number of esters is 1. The summed E-state index contributed by atoms with van der Waals surface area (Å²) < 4.78 is 5.74. The van der Waals surface area contributed by atoms with Crippen molar-refractivity contribution >= 4 is 5.97 Å². The van der Waals surface area contributed by atoms with E-state index in [4.69, 9.17) is 4.74 Å². The Hall–Kier alpha value is -0.530. The summed E-state index contributed by atoms with van der Waals surface area (Å²) in [4.78, 5) is 11.3. The second-order valence-electron chi connectivity index (χ2n) is 6.11. The molecule has 0 aliphatic heterocycles. The maximum Gasteiger partial charge on any atom is 0.303 e. The van der Waals surface area contributed by atoms with Gasteiger partial charge in [0.1, 0.15) is 5.60 Å². The number of hydrogen-bond donors (Lipinski definition) is 0. The predicted octanol–water partition coefficient (Wildman–Crippen LogP) is 4.08. The van der Waals surface area contributed by atoms with Crippen molar-refractivity contribution in [2.75, 3.05) is 0 Å². The van der Waals surface area contributed by atoms with Gasteiger partial charge in [0.2, 0.25) is 0 Å². The van der Waals surface area contributed by atoms with Crippen LogP contribution in [0.2, 0.25) is 0 Å². The van der Waals surface area contributed by atoms with Crippen LogP contribution in [0, 0.1) is 5.41 Å². The molecule has 0 aromatic heterocycles. The third kappa shape index (κ3) is 3.23. The second-order valence-corrected chi connectivity index (χ2v) is 6.11. The molecule has 0 radical (unpaired) electrons. The molecule has 0 unspecified atom stereocenters. The summed E-state index contributed by atoms with van der Waals surface area (Å²) in [5.41, 5.74) is -0.199. The fourth-order valence-electron chi connectivity index (χ4n) is 2.76. The first kappa shape index (κ1) is 13.5. The van der Waals surface area contributed by atoms with E-state index >= 15 is 0 Å². The van der Waals surface area contributed by atoms with Gasteiger partial charge in [0.15, 0.2) is 0 Å². The van der Waals surface area contributed by atoms with Crippen molar-refractivity contribution in [3.05, 3.63) is 0 Å². The Kier molecular flexibility index (Phi) is 4.40. The molecule has 0 aromatic carbocycles. The number of hydrogen-bond acceptors (Lipinski definition) is 2. The Balaban J connectivity index is 2.85. The summed E-state index contributed by atoms with van der Waals surface area (Å²) in [6, 6.07) is 0. The molecule has 0 N–H and O–H groups in total. The minimum Gasteiger partial charge on any atom is -0.459 e. The van der Waals surface area contributed by atoms with Crippen LogP contribution in [0.3, 0.4) is 0 Å². The molecular formula is C14H26O2. The number of carbonyl (C=O) groups excluding carboxylic acids is 1. The lowest BCUT2D eigenvalue weighted by molar-refractivity contribution is -0.175. The highest BCUT2D eigenvalue weighted by Crippen LogP contribution is 2.43. The van der Waals surface area contributed by atoms with Gasteiger partial charge in [-0.1, -0.05) is 40.0 Å². The molecule has 0 amide bonds. The first-order valence-electron chi connectivity index (χ1n) is 6.57. The molecule has 0 atom stereocenters. The van der Waals surface area contributed by atoms with Crippen LogP contribution in [0.25, 0.3) is 0 Å². The highest BCUT2D eigenvalue weighted by molar-refractivity contribution is 5.66. The lowest BCUT2D eigenvalue weighted by atomic mass is 9.69. The summed E-state index contributed by atoms with van der Waals surface area (Å²) in [6.07, 6.45) is 8.31. The van der Waals surface area contributed by atoms with E-state index in [1.165, 1.54) is 39.0 Å². The van der Waals surface area contributed by atoms with E-state index in [0.717, 1.165) is 12.8 Å². The van der Waals surface area contributed by atoms with Gasteiger partial charge < -0.3 is 4.74 Å². The number of rotatable bonds is 1. The van der Waals surface area contributed by atoms with Crippen LogP contribution in [-0.4, -0.2) is 11.6 Å². The Bertz CT molecular complexity index is 230. The smallest absolute Gasteiger partial charge is 0.303 e. The van der Waals surface area contributed by atoms with Crippen molar-refractivity contribution in [2.24, 2.45) is 5.41 Å². The van der Waals surface area contributed by atoms with Gasteiger partial charge in [-0.05, 0) is 25.7 Å².